The Hall–Kier alpha value is 0.830. The topological polar surface area (TPSA) is 106 Å². The van der Waals surface area contributed by atoms with Crippen LogP contribution < -0.4 is 11.5 Å². The van der Waals surface area contributed by atoms with Crippen LogP contribution in [0.5, 0.6) is 0 Å². The van der Waals surface area contributed by atoms with E-state index < -0.39 is 10.1 Å². The molecule has 0 spiro atoms. The van der Waals surface area contributed by atoms with E-state index in [1.54, 1.807) is 0 Å². The van der Waals surface area contributed by atoms with E-state index in [-0.39, 0.29) is 35.3 Å². The molecule has 0 aromatic carbocycles. The van der Waals surface area contributed by atoms with Crippen molar-refractivity contribution in [3.05, 3.63) is 0 Å². The first-order chi connectivity index (χ1) is 6.47. The van der Waals surface area contributed by atoms with Crippen LogP contribution in [-0.2, 0) is 10.1 Å². The maximum absolute atomic E-state index is 10.1. The van der Waals surface area contributed by atoms with Crippen LogP contribution >= 0.6 is 0 Å². The predicted octanol–water partition coefficient (Wildman–Crippen LogP) is -0.290. The summed E-state index contributed by atoms with van der Waals surface area (Å²) in [7, 11) is -3.70. The number of nitrogens with two attached hydrogens (primary N) is 2. The molecule has 0 atom stereocenters. The average Bonchev–Trinajstić information content (AvgIpc) is 2.11. The molecule has 90 valence electrons. The van der Waals surface area contributed by atoms with Gasteiger partial charge in [-0.25, -0.2) is 0 Å². The fraction of sp³-hybridized carbons (Fsp3) is 1.00. The van der Waals surface area contributed by atoms with Gasteiger partial charge < -0.3 is 11.5 Å². The van der Waals surface area contributed by atoms with Gasteiger partial charge in [0.25, 0.3) is 10.1 Å². The van der Waals surface area contributed by atoms with Crippen molar-refractivity contribution in [3.8, 4) is 0 Å². The summed E-state index contributed by atoms with van der Waals surface area (Å²) in [6.45, 7) is 3.24. The summed E-state index contributed by atoms with van der Waals surface area (Å²) in [6, 6.07) is 0. The molecule has 0 aromatic heterocycles. The molecule has 5 nitrogen and oxygen atoms in total. The molecule has 0 rings (SSSR count). The van der Waals surface area contributed by atoms with Crippen LogP contribution in [0.2, 0.25) is 0 Å². The summed E-state index contributed by atoms with van der Waals surface area (Å²) < 4.78 is 28.6. The molecule has 5 N–H and O–H groups in total. The van der Waals surface area contributed by atoms with Gasteiger partial charge in [-0.3, -0.25) is 4.55 Å². The molecule has 0 aliphatic rings. The van der Waals surface area contributed by atoms with Gasteiger partial charge in [-0.1, -0.05) is 26.2 Å². The molecule has 0 saturated heterocycles. The Kier molecular flexibility index (Phi) is 20.9. The van der Waals surface area contributed by atoms with Gasteiger partial charge in [0.05, 0.1) is 5.75 Å². The second-order valence-electron chi connectivity index (χ2n) is 2.92. The Bertz CT molecular complexity index is 196. The standard InChI is InChI=1S/C6H14O3S.C2H8N2.Na.H/c1-2-3-4-5-6-10(7,8)9;3-1-2-4;;/h2-6H2,1H3,(H,7,8,9);1-4H2;;. The molecule has 0 saturated carbocycles. The number of hydrogen-bond donors (Lipinski definition) is 3. The summed E-state index contributed by atoms with van der Waals surface area (Å²) in [5, 5.41) is 0. The molecule has 0 bridgehead atoms. The van der Waals surface area contributed by atoms with E-state index >= 15 is 0 Å². The van der Waals surface area contributed by atoms with E-state index in [0.29, 0.717) is 19.5 Å². The van der Waals surface area contributed by atoms with Crippen molar-refractivity contribution in [3.63, 3.8) is 0 Å². The van der Waals surface area contributed by atoms with Crippen molar-refractivity contribution >= 4 is 39.7 Å². The van der Waals surface area contributed by atoms with Gasteiger partial charge in [0.15, 0.2) is 0 Å². The zero-order valence-corrected chi connectivity index (χ0v) is 9.59. The summed E-state index contributed by atoms with van der Waals surface area (Å²) in [5.41, 5.74) is 9.81. The van der Waals surface area contributed by atoms with Crippen molar-refractivity contribution in [2.24, 2.45) is 11.5 Å². The molecule has 0 amide bonds. The van der Waals surface area contributed by atoms with Crippen molar-refractivity contribution in [1.82, 2.24) is 0 Å². The van der Waals surface area contributed by atoms with Gasteiger partial charge in [0, 0.05) is 13.1 Å². The Morgan fingerprint density at radius 1 is 1.07 bits per heavy atom. The van der Waals surface area contributed by atoms with Crippen LogP contribution in [0.15, 0.2) is 0 Å². The van der Waals surface area contributed by atoms with Crippen molar-refractivity contribution < 1.29 is 13.0 Å². The SMILES string of the molecule is CCCCCCS(=O)(=O)O.NCCN.[NaH]. The Balaban J connectivity index is -0.000000249. The Labute approximate surface area is 115 Å². The second-order valence-corrected chi connectivity index (χ2v) is 4.50. The first kappa shape index (κ1) is 21.1. The normalized spacial score (nSPS) is 9.87. The summed E-state index contributed by atoms with van der Waals surface area (Å²) in [6.07, 6.45) is 3.57. The molecule has 0 unspecified atom stereocenters. The van der Waals surface area contributed by atoms with Crippen LogP contribution in [0.3, 0.4) is 0 Å². The first-order valence-corrected chi connectivity index (χ1v) is 6.44. The van der Waals surface area contributed by atoms with Gasteiger partial charge in [-0.2, -0.15) is 8.42 Å². The van der Waals surface area contributed by atoms with E-state index in [4.69, 9.17) is 16.0 Å². The van der Waals surface area contributed by atoms with Crippen LogP contribution in [-0.4, -0.2) is 61.4 Å². The van der Waals surface area contributed by atoms with Crippen LogP contribution in [0.1, 0.15) is 32.6 Å². The molecule has 0 aliphatic heterocycles. The summed E-state index contributed by atoms with van der Waals surface area (Å²) in [4.78, 5) is 0. The minimum absolute atomic E-state index is 0. The monoisotopic (exact) mass is 250 g/mol. The van der Waals surface area contributed by atoms with Crippen molar-refractivity contribution in [2.75, 3.05) is 18.8 Å². The Morgan fingerprint density at radius 3 is 1.80 bits per heavy atom. The quantitative estimate of drug-likeness (QED) is 0.341. The number of rotatable bonds is 6. The van der Waals surface area contributed by atoms with Gasteiger partial charge >= 0.3 is 29.6 Å². The van der Waals surface area contributed by atoms with E-state index in [1.165, 1.54) is 0 Å². The fourth-order valence-electron chi connectivity index (χ4n) is 0.711. The molecular formula is C8H23N2NaO3S. The molecule has 0 heterocycles. The molecule has 0 fully saturated rings. The minimum atomic E-state index is -3.70. The van der Waals surface area contributed by atoms with Crippen molar-refractivity contribution in [1.29, 1.82) is 0 Å². The molecule has 7 heteroatoms. The van der Waals surface area contributed by atoms with Crippen LogP contribution in [0, 0.1) is 0 Å². The predicted molar refractivity (Wildman–Crippen MR) is 65.8 cm³/mol. The maximum atomic E-state index is 10.1. The Morgan fingerprint density at radius 2 is 1.53 bits per heavy atom. The molecular weight excluding hydrogens is 227 g/mol. The molecule has 0 aromatic rings. The van der Waals surface area contributed by atoms with Gasteiger partial charge in [-0.05, 0) is 6.42 Å². The summed E-state index contributed by atoms with van der Waals surface area (Å²) >= 11 is 0. The third-order valence-electron chi connectivity index (χ3n) is 1.42. The van der Waals surface area contributed by atoms with Crippen molar-refractivity contribution in [2.45, 2.75) is 32.6 Å². The van der Waals surface area contributed by atoms with E-state index in [9.17, 15) is 8.42 Å². The average molecular weight is 250 g/mol. The van der Waals surface area contributed by atoms with E-state index in [0.717, 1.165) is 19.3 Å². The number of unbranched alkanes of at least 4 members (excludes halogenated alkanes) is 3. The second kappa shape index (κ2) is 14.8. The zero-order chi connectivity index (χ0) is 11.4. The third-order valence-corrected chi connectivity index (χ3v) is 2.23. The van der Waals surface area contributed by atoms with E-state index in [1.807, 2.05) is 6.92 Å². The molecule has 15 heavy (non-hydrogen) atoms. The molecule has 0 radical (unpaired) electrons. The van der Waals surface area contributed by atoms with E-state index in [2.05, 4.69) is 0 Å². The first-order valence-electron chi connectivity index (χ1n) is 4.83. The third kappa shape index (κ3) is 31.3. The van der Waals surface area contributed by atoms with Gasteiger partial charge in [0.2, 0.25) is 0 Å². The summed E-state index contributed by atoms with van der Waals surface area (Å²) in [5.74, 6) is -0.0903. The van der Waals surface area contributed by atoms with Crippen LogP contribution in [0.25, 0.3) is 0 Å². The zero-order valence-electron chi connectivity index (χ0n) is 8.78. The van der Waals surface area contributed by atoms with Crippen LogP contribution in [0.4, 0.5) is 0 Å². The van der Waals surface area contributed by atoms with Gasteiger partial charge in [-0.15, -0.1) is 0 Å². The number of hydrogen-bond acceptors (Lipinski definition) is 4. The molecule has 0 aliphatic carbocycles. The fourth-order valence-corrected chi connectivity index (χ4v) is 1.28. The van der Waals surface area contributed by atoms with Gasteiger partial charge in [0.1, 0.15) is 0 Å².